The van der Waals surface area contributed by atoms with Gasteiger partial charge >= 0.3 is 0 Å². The van der Waals surface area contributed by atoms with Gasteiger partial charge in [0.25, 0.3) is 0 Å². The zero-order chi connectivity index (χ0) is 13.7. The maximum absolute atomic E-state index is 2.30. The van der Waals surface area contributed by atoms with Gasteiger partial charge in [0, 0.05) is 0 Å². The highest BCUT2D eigenvalue weighted by Gasteiger charge is 2.19. The van der Waals surface area contributed by atoms with Gasteiger partial charge < -0.3 is 0 Å². The minimum Gasteiger partial charge on any atom is -0.0683 e. The normalized spacial score (nSPS) is 11.8. The molecule has 0 fully saturated rings. The van der Waals surface area contributed by atoms with E-state index < -0.39 is 0 Å². The third kappa shape index (κ3) is 4.53. The van der Waals surface area contributed by atoms with Crippen LogP contribution in [0.15, 0.2) is 24.3 Å². The van der Waals surface area contributed by atoms with Crippen LogP contribution >= 0.6 is 0 Å². The Morgan fingerprint density at radius 2 is 1.12 bits per heavy atom. The van der Waals surface area contributed by atoms with Crippen LogP contribution in [0.3, 0.4) is 0 Å². The summed E-state index contributed by atoms with van der Waals surface area (Å²) in [4.78, 5) is 0. The van der Waals surface area contributed by atoms with E-state index in [-0.39, 0.29) is 5.41 Å². The second-order valence-corrected chi connectivity index (χ2v) is 6.06. The highest BCUT2D eigenvalue weighted by atomic mass is 14.2. The molecule has 0 aliphatic rings. The third-order valence-electron chi connectivity index (χ3n) is 3.42. The molecule has 1 rings (SSSR count). The molecule has 1 aromatic rings. The molecule has 0 heteroatoms. The van der Waals surface area contributed by atoms with Crippen molar-refractivity contribution in [2.24, 2.45) is 0 Å². The number of hydrogen-bond donors (Lipinski definition) is 0. The fourth-order valence-corrected chi connectivity index (χ4v) is 1.63. The van der Waals surface area contributed by atoms with Crippen molar-refractivity contribution in [3.05, 3.63) is 35.4 Å². The van der Waals surface area contributed by atoms with Crippen LogP contribution in [0.2, 0.25) is 0 Å². The predicted molar refractivity (Wildman–Crippen MR) is 79.8 cm³/mol. The lowest BCUT2D eigenvalue weighted by Gasteiger charge is -2.25. The van der Waals surface area contributed by atoms with Crippen LogP contribution in [0.25, 0.3) is 0 Å². The summed E-state index contributed by atoms with van der Waals surface area (Å²) in [6, 6.07) is 9.10. The molecule has 0 aliphatic carbocycles. The van der Waals surface area contributed by atoms with Gasteiger partial charge in [-0.05, 0) is 28.4 Å². The van der Waals surface area contributed by atoms with E-state index in [1.807, 2.05) is 13.8 Å². The zero-order valence-corrected chi connectivity index (χ0v) is 13.0. The second-order valence-electron chi connectivity index (χ2n) is 6.06. The van der Waals surface area contributed by atoms with Crippen molar-refractivity contribution >= 4 is 0 Å². The molecule has 1 aromatic carbocycles. The molecule has 0 aromatic heterocycles. The van der Waals surface area contributed by atoms with Gasteiger partial charge in [-0.25, -0.2) is 0 Å². The van der Waals surface area contributed by atoms with E-state index >= 15 is 0 Å². The highest BCUT2D eigenvalue weighted by Crippen LogP contribution is 2.29. The number of benzene rings is 1. The Hall–Kier alpha value is -0.780. The SMILES string of the molecule is CC.CCC(C)(C)c1ccc(C(C)(C)C)cc1. The summed E-state index contributed by atoms with van der Waals surface area (Å²) in [5.74, 6) is 0. The number of rotatable bonds is 2. The van der Waals surface area contributed by atoms with E-state index in [2.05, 4.69) is 65.8 Å². The minimum atomic E-state index is 0.259. The summed E-state index contributed by atoms with van der Waals surface area (Å²) in [6.45, 7) is 17.6. The first-order valence-corrected chi connectivity index (χ1v) is 6.88. The Balaban J connectivity index is 0.00000121. The minimum absolute atomic E-state index is 0.259. The van der Waals surface area contributed by atoms with E-state index in [9.17, 15) is 0 Å². The van der Waals surface area contributed by atoms with E-state index in [1.165, 1.54) is 17.5 Å². The maximum atomic E-state index is 2.30. The lowest BCUT2D eigenvalue weighted by molar-refractivity contribution is 0.505. The average molecular weight is 234 g/mol. The summed E-state index contributed by atoms with van der Waals surface area (Å²) in [6.07, 6.45) is 1.18. The molecule has 0 bridgehead atoms. The molecule has 0 unspecified atom stereocenters. The lowest BCUT2D eigenvalue weighted by atomic mass is 9.80. The molecular weight excluding hydrogens is 204 g/mol. The van der Waals surface area contributed by atoms with Crippen LogP contribution in [0.4, 0.5) is 0 Å². The third-order valence-corrected chi connectivity index (χ3v) is 3.42. The van der Waals surface area contributed by atoms with E-state index in [1.54, 1.807) is 0 Å². The summed E-state index contributed by atoms with van der Waals surface area (Å²) in [5, 5.41) is 0. The Kier molecular flexibility index (Phi) is 5.95. The van der Waals surface area contributed by atoms with Crippen LogP contribution in [0, 0.1) is 0 Å². The van der Waals surface area contributed by atoms with Crippen molar-refractivity contribution < 1.29 is 0 Å². The van der Waals surface area contributed by atoms with Crippen molar-refractivity contribution in [1.29, 1.82) is 0 Å². The molecule has 0 nitrogen and oxygen atoms in total. The predicted octanol–water partition coefficient (Wildman–Crippen LogP) is 5.70. The molecular formula is C17H30. The molecule has 17 heavy (non-hydrogen) atoms. The maximum Gasteiger partial charge on any atom is -0.0106 e. The summed E-state index contributed by atoms with van der Waals surface area (Å²) in [5.41, 5.74) is 3.42. The standard InChI is InChI=1S/C15H24.C2H6/c1-7-15(5,6)13-10-8-12(9-11-13)14(2,3)4;1-2/h8-11H,7H2,1-6H3;1-2H3. The quantitative estimate of drug-likeness (QED) is 0.616. The van der Waals surface area contributed by atoms with Crippen LogP contribution in [-0.2, 0) is 10.8 Å². The summed E-state index contributed by atoms with van der Waals surface area (Å²) in [7, 11) is 0. The van der Waals surface area contributed by atoms with Crippen molar-refractivity contribution in [1.82, 2.24) is 0 Å². The molecule has 0 heterocycles. The number of hydrogen-bond acceptors (Lipinski definition) is 0. The average Bonchev–Trinajstić information content (AvgIpc) is 2.31. The van der Waals surface area contributed by atoms with Crippen molar-refractivity contribution in [3.63, 3.8) is 0 Å². The fourth-order valence-electron chi connectivity index (χ4n) is 1.63. The van der Waals surface area contributed by atoms with Crippen molar-refractivity contribution in [2.45, 2.75) is 72.6 Å². The highest BCUT2D eigenvalue weighted by molar-refractivity contribution is 5.31. The van der Waals surface area contributed by atoms with Crippen LogP contribution < -0.4 is 0 Å². The Morgan fingerprint density at radius 1 is 0.765 bits per heavy atom. The topological polar surface area (TPSA) is 0 Å². The van der Waals surface area contributed by atoms with Gasteiger partial charge in [0.15, 0.2) is 0 Å². The summed E-state index contributed by atoms with van der Waals surface area (Å²) < 4.78 is 0. The van der Waals surface area contributed by atoms with Gasteiger partial charge in [-0.2, -0.15) is 0 Å². The van der Waals surface area contributed by atoms with Gasteiger partial charge in [0.1, 0.15) is 0 Å². The molecule has 0 saturated carbocycles. The van der Waals surface area contributed by atoms with Crippen LogP contribution in [-0.4, -0.2) is 0 Å². The molecule has 0 amide bonds. The van der Waals surface area contributed by atoms with Crippen molar-refractivity contribution in [2.75, 3.05) is 0 Å². The van der Waals surface area contributed by atoms with Gasteiger partial charge in [-0.3, -0.25) is 0 Å². The van der Waals surface area contributed by atoms with Gasteiger partial charge in [0.05, 0.1) is 0 Å². The molecule has 0 spiro atoms. The van der Waals surface area contributed by atoms with Gasteiger partial charge in [-0.1, -0.05) is 79.7 Å². The Bertz CT molecular complexity index is 309. The molecule has 98 valence electrons. The molecule has 0 aliphatic heterocycles. The second kappa shape index (κ2) is 6.23. The molecule has 0 atom stereocenters. The van der Waals surface area contributed by atoms with E-state index in [0.29, 0.717) is 5.41 Å². The van der Waals surface area contributed by atoms with Crippen LogP contribution in [0.5, 0.6) is 0 Å². The van der Waals surface area contributed by atoms with E-state index in [4.69, 9.17) is 0 Å². The van der Waals surface area contributed by atoms with E-state index in [0.717, 1.165) is 0 Å². The zero-order valence-electron chi connectivity index (χ0n) is 13.0. The first kappa shape index (κ1) is 16.2. The molecule has 0 radical (unpaired) electrons. The molecule has 0 saturated heterocycles. The van der Waals surface area contributed by atoms with Crippen LogP contribution in [0.1, 0.15) is 72.9 Å². The first-order chi connectivity index (χ1) is 7.77. The summed E-state index contributed by atoms with van der Waals surface area (Å²) >= 11 is 0. The Labute approximate surface area is 108 Å². The first-order valence-electron chi connectivity index (χ1n) is 6.88. The lowest BCUT2D eigenvalue weighted by Crippen LogP contribution is -2.16. The van der Waals surface area contributed by atoms with Gasteiger partial charge in [-0.15, -0.1) is 0 Å². The smallest absolute Gasteiger partial charge is 0.0106 e. The monoisotopic (exact) mass is 234 g/mol. The van der Waals surface area contributed by atoms with Gasteiger partial charge in [0.2, 0.25) is 0 Å². The Morgan fingerprint density at radius 3 is 1.41 bits per heavy atom. The molecule has 0 N–H and O–H groups in total. The van der Waals surface area contributed by atoms with Crippen molar-refractivity contribution in [3.8, 4) is 0 Å². The largest absolute Gasteiger partial charge is 0.0683 e. The fraction of sp³-hybridized carbons (Fsp3) is 0.647.